The predicted octanol–water partition coefficient (Wildman–Crippen LogP) is 3.05. The molecule has 1 atom stereocenters. The van der Waals surface area contributed by atoms with Gasteiger partial charge in [0, 0.05) is 31.9 Å². The van der Waals surface area contributed by atoms with Crippen molar-refractivity contribution in [2.24, 2.45) is 7.05 Å². The Balaban J connectivity index is 1.74. The Bertz CT molecular complexity index is 988. The summed E-state index contributed by atoms with van der Waals surface area (Å²) in [5.41, 5.74) is 3.29. The van der Waals surface area contributed by atoms with Crippen LogP contribution in [-0.2, 0) is 11.8 Å². The van der Waals surface area contributed by atoms with Crippen molar-refractivity contribution in [1.82, 2.24) is 24.5 Å². The molecule has 3 aromatic rings. The van der Waals surface area contributed by atoms with Crippen molar-refractivity contribution in [1.29, 1.82) is 0 Å². The second-order valence-corrected chi connectivity index (χ2v) is 6.67. The topological polar surface area (TPSA) is 56.0 Å². The zero-order valence-electron chi connectivity index (χ0n) is 15.0. The number of carbonyl (C=O) groups excluding carboxylic acids is 1. The Morgan fingerprint density at radius 3 is 2.67 bits per heavy atom. The number of hydrogen-bond acceptors (Lipinski definition) is 3. The molecule has 0 bridgehead atoms. The highest BCUT2D eigenvalue weighted by Gasteiger charge is 2.29. The molecule has 0 N–H and O–H groups in total. The normalized spacial score (nSPS) is 16.7. The van der Waals surface area contributed by atoms with E-state index in [1.165, 1.54) is 18.2 Å². The van der Waals surface area contributed by atoms with Crippen LogP contribution in [0.25, 0.3) is 22.6 Å². The van der Waals surface area contributed by atoms with E-state index in [9.17, 15) is 9.18 Å². The zero-order chi connectivity index (χ0) is 19.0. The molecule has 138 valence electrons. The zero-order valence-corrected chi connectivity index (χ0v) is 15.0. The maximum Gasteiger partial charge on any atom is 0.246 e. The van der Waals surface area contributed by atoms with E-state index < -0.39 is 0 Å². The number of nitrogens with zero attached hydrogens (tertiary/aromatic N) is 5. The van der Waals surface area contributed by atoms with Crippen LogP contribution in [0.15, 0.2) is 55.3 Å². The van der Waals surface area contributed by atoms with Crippen LogP contribution in [-0.4, -0.2) is 43.5 Å². The molecule has 0 radical (unpaired) electrons. The molecule has 7 heteroatoms. The molecule has 0 spiro atoms. The lowest BCUT2D eigenvalue weighted by molar-refractivity contribution is -0.125. The van der Waals surface area contributed by atoms with Gasteiger partial charge in [-0.3, -0.25) is 14.2 Å². The van der Waals surface area contributed by atoms with Crippen molar-refractivity contribution < 1.29 is 9.18 Å². The summed E-state index contributed by atoms with van der Waals surface area (Å²) in [5, 5.41) is 9.28. The highest BCUT2D eigenvalue weighted by Crippen LogP contribution is 2.31. The highest BCUT2D eigenvalue weighted by atomic mass is 19.1. The first-order chi connectivity index (χ1) is 13.0. The average Bonchev–Trinajstić information content (AvgIpc) is 3.40. The minimum atomic E-state index is -0.280. The van der Waals surface area contributed by atoms with Gasteiger partial charge in [0.15, 0.2) is 0 Å². The molecule has 27 heavy (non-hydrogen) atoms. The molecular formula is C20H20FN5O. The first-order valence-corrected chi connectivity index (χ1v) is 8.82. The molecule has 1 saturated heterocycles. The van der Waals surface area contributed by atoms with Gasteiger partial charge in [0.2, 0.25) is 5.91 Å². The fraction of sp³-hybridized carbons (Fsp3) is 0.250. The smallest absolute Gasteiger partial charge is 0.246 e. The monoisotopic (exact) mass is 365 g/mol. The summed E-state index contributed by atoms with van der Waals surface area (Å²) < 4.78 is 17.0. The fourth-order valence-corrected chi connectivity index (χ4v) is 3.45. The number of amides is 1. The van der Waals surface area contributed by atoms with Crippen molar-refractivity contribution in [2.75, 3.05) is 13.1 Å². The van der Waals surface area contributed by atoms with Crippen LogP contribution in [0.4, 0.5) is 4.39 Å². The summed E-state index contributed by atoms with van der Waals surface area (Å²) >= 11 is 0. The van der Waals surface area contributed by atoms with Crippen molar-refractivity contribution in [3.8, 4) is 22.6 Å². The third-order valence-electron chi connectivity index (χ3n) is 4.85. The summed E-state index contributed by atoms with van der Waals surface area (Å²) in [5.74, 6) is -0.347. The SMILES string of the molecule is C=CC(=O)N1CC[C@@H](n2nc(-c3ccc(F)cc3)cc2-c2ccn(C)n2)C1. The molecule has 0 aliphatic carbocycles. The molecule has 4 rings (SSSR count). The summed E-state index contributed by atoms with van der Waals surface area (Å²) in [6.45, 7) is 4.81. The summed E-state index contributed by atoms with van der Waals surface area (Å²) in [7, 11) is 1.87. The van der Waals surface area contributed by atoms with Crippen molar-refractivity contribution >= 4 is 5.91 Å². The predicted molar refractivity (Wildman–Crippen MR) is 100 cm³/mol. The van der Waals surface area contributed by atoms with Crippen molar-refractivity contribution in [3.05, 3.63) is 61.1 Å². The number of rotatable bonds is 4. The van der Waals surface area contributed by atoms with Crippen LogP contribution in [0.3, 0.4) is 0 Å². The maximum atomic E-state index is 13.3. The number of aryl methyl sites for hydroxylation is 1. The Kier molecular flexibility index (Phi) is 4.35. The lowest BCUT2D eigenvalue weighted by atomic mass is 10.1. The van der Waals surface area contributed by atoms with Gasteiger partial charge in [-0.2, -0.15) is 10.2 Å². The first kappa shape index (κ1) is 17.2. The molecular weight excluding hydrogens is 345 g/mol. The molecule has 0 saturated carbocycles. The molecule has 1 aromatic carbocycles. The van der Waals surface area contributed by atoms with E-state index in [0.717, 1.165) is 29.1 Å². The number of benzene rings is 1. The molecule has 1 aliphatic rings. The molecule has 1 aliphatic heterocycles. The van der Waals surface area contributed by atoms with Crippen LogP contribution >= 0.6 is 0 Å². The van der Waals surface area contributed by atoms with Gasteiger partial charge in [-0.1, -0.05) is 6.58 Å². The third-order valence-corrected chi connectivity index (χ3v) is 4.85. The summed E-state index contributed by atoms with van der Waals surface area (Å²) in [6.07, 6.45) is 4.03. The van der Waals surface area contributed by atoms with E-state index in [0.29, 0.717) is 13.1 Å². The largest absolute Gasteiger partial charge is 0.337 e. The second-order valence-electron chi connectivity index (χ2n) is 6.67. The standard InChI is InChI=1S/C20H20FN5O/c1-3-20(27)25-11-8-16(13-25)26-19(17-9-10-24(2)22-17)12-18(23-26)14-4-6-15(21)7-5-14/h3-7,9-10,12,16H,1,8,11,13H2,2H3/t16-/m1/s1. The van der Waals surface area contributed by atoms with Gasteiger partial charge in [0.25, 0.3) is 0 Å². The average molecular weight is 365 g/mol. The van der Waals surface area contributed by atoms with Crippen LogP contribution in [0, 0.1) is 5.82 Å². The van der Waals surface area contributed by atoms with Crippen molar-refractivity contribution in [2.45, 2.75) is 12.5 Å². The number of hydrogen-bond donors (Lipinski definition) is 0. The van der Waals surface area contributed by atoms with Gasteiger partial charge < -0.3 is 4.90 Å². The number of carbonyl (C=O) groups is 1. The number of likely N-dealkylation sites (tertiary alicyclic amines) is 1. The van der Waals surface area contributed by atoms with E-state index in [2.05, 4.69) is 11.7 Å². The van der Waals surface area contributed by atoms with E-state index >= 15 is 0 Å². The van der Waals surface area contributed by atoms with Gasteiger partial charge >= 0.3 is 0 Å². The third kappa shape index (κ3) is 3.28. The molecule has 1 amide bonds. The first-order valence-electron chi connectivity index (χ1n) is 8.82. The number of halogens is 1. The van der Waals surface area contributed by atoms with Crippen LogP contribution in [0.2, 0.25) is 0 Å². The minimum absolute atomic E-state index is 0.0557. The Morgan fingerprint density at radius 1 is 1.22 bits per heavy atom. The van der Waals surface area contributed by atoms with Gasteiger partial charge in [0.1, 0.15) is 11.5 Å². The van der Waals surface area contributed by atoms with Gasteiger partial charge in [-0.25, -0.2) is 4.39 Å². The van der Waals surface area contributed by atoms with Gasteiger partial charge in [0.05, 0.1) is 17.4 Å². The quantitative estimate of drug-likeness (QED) is 0.668. The Morgan fingerprint density at radius 2 is 2.00 bits per heavy atom. The molecule has 0 unspecified atom stereocenters. The molecule has 3 heterocycles. The van der Waals surface area contributed by atoms with E-state index in [-0.39, 0.29) is 17.8 Å². The van der Waals surface area contributed by atoms with Crippen LogP contribution < -0.4 is 0 Å². The molecule has 2 aromatic heterocycles. The molecule has 6 nitrogen and oxygen atoms in total. The van der Waals surface area contributed by atoms with Crippen molar-refractivity contribution in [3.63, 3.8) is 0 Å². The Labute approximate surface area is 156 Å². The minimum Gasteiger partial charge on any atom is -0.337 e. The van der Waals surface area contributed by atoms with E-state index in [1.807, 2.05) is 30.1 Å². The second kappa shape index (κ2) is 6.83. The highest BCUT2D eigenvalue weighted by molar-refractivity contribution is 5.87. The lowest BCUT2D eigenvalue weighted by Crippen LogP contribution is -2.27. The van der Waals surface area contributed by atoms with Gasteiger partial charge in [-0.15, -0.1) is 0 Å². The van der Waals surface area contributed by atoms with Crippen LogP contribution in [0.1, 0.15) is 12.5 Å². The summed E-state index contributed by atoms with van der Waals surface area (Å²) in [4.78, 5) is 13.7. The summed E-state index contributed by atoms with van der Waals surface area (Å²) in [6, 6.07) is 10.2. The van der Waals surface area contributed by atoms with Crippen LogP contribution in [0.5, 0.6) is 0 Å². The lowest BCUT2D eigenvalue weighted by Gasteiger charge is -2.16. The fourth-order valence-electron chi connectivity index (χ4n) is 3.45. The number of aromatic nitrogens is 4. The Hall–Kier alpha value is -3.22. The maximum absolute atomic E-state index is 13.3. The molecule has 1 fully saturated rings. The van der Waals surface area contributed by atoms with Gasteiger partial charge in [-0.05, 0) is 48.9 Å². The van der Waals surface area contributed by atoms with E-state index in [1.54, 1.807) is 21.7 Å². The van der Waals surface area contributed by atoms with E-state index in [4.69, 9.17) is 5.10 Å².